The summed E-state index contributed by atoms with van der Waals surface area (Å²) >= 11 is 0. The minimum atomic E-state index is -0.0926. The van der Waals surface area contributed by atoms with Gasteiger partial charge in [0.15, 0.2) is 0 Å². The lowest BCUT2D eigenvalue weighted by atomic mass is 10.0. The van der Waals surface area contributed by atoms with Crippen molar-refractivity contribution in [1.29, 1.82) is 0 Å². The highest BCUT2D eigenvalue weighted by atomic mass is 16.6. The Morgan fingerprint density at radius 1 is 1.27 bits per heavy atom. The number of allylic oxidation sites excluding steroid dienone is 4. The van der Waals surface area contributed by atoms with E-state index < -0.39 is 0 Å². The van der Waals surface area contributed by atoms with Gasteiger partial charge in [-0.1, -0.05) is 18.2 Å². The van der Waals surface area contributed by atoms with Gasteiger partial charge in [0.2, 0.25) is 0 Å². The summed E-state index contributed by atoms with van der Waals surface area (Å²) in [6, 6.07) is 0. The average Bonchev–Trinajstić information content (AvgIpc) is 2.04. The Labute approximate surface area is 64.8 Å². The van der Waals surface area contributed by atoms with Crippen molar-refractivity contribution in [2.45, 2.75) is 6.10 Å². The first-order valence-electron chi connectivity index (χ1n) is 3.48. The molecule has 0 radical (unpaired) electrons. The summed E-state index contributed by atoms with van der Waals surface area (Å²) in [6.45, 7) is 0. The maximum atomic E-state index is 8.98. The van der Waals surface area contributed by atoms with Crippen molar-refractivity contribution in [1.82, 2.24) is 0 Å². The van der Waals surface area contributed by atoms with Crippen LogP contribution in [0.5, 0.6) is 0 Å². The van der Waals surface area contributed by atoms with Gasteiger partial charge in [0.1, 0.15) is 6.10 Å². The fraction of sp³-hybridized carbons (Fsp3) is 0.111. The second kappa shape index (κ2) is 2.31. The zero-order valence-corrected chi connectivity index (χ0v) is 5.90. The molecule has 1 aliphatic carbocycles. The molecule has 2 rings (SSSR count). The lowest BCUT2D eigenvalue weighted by Crippen LogP contribution is -2.15. The molecular weight excluding hydrogens is 140 g/mol. The Kier molecular flexibility index (Phi) is 1.32. The van der Waals surface area contributed by atoms with E-state index in [2.05, 4.69) is 0 Å². The SMILES string of the molecule is OC1=CC=C2C=CC=CC2O1. The van der Waals surface area contributed by atoms with Gasteiger partial charge in [-0.2, -0.15) is 0 Å². The van der Waals surface area contributed by atoms with E-state index in [0.717, 1.165) is 5.57 Å². The topological polar surface area (TPSA) is 29.5 Å². The minimum Gasteiger partial charge on any atom is -0.481 e. The molecule has 0 saturated heterocycles. The molecule has 0 spiro atoms. The Morgan fingerprint density at radius 2 is 2.18 bits per heavy atom. The molecule has 0 saturated carbocycles. The van der Waals surface area contributed by atoms with Crippen LogP contribution in [0.15, 0.2) is 48.0 Å². The van der Waals surface area contributed by atoms with Crippen molar-refractivity contribution in [3.63, 3.8) is 0 Å². The van der Waals surface area contributed by atoms with Crippen LogP contribution >= 0.6 is 0 Å². The van der Waals surface area contributed by atoms with E-state index in [1.165, 1.54) is 0 Å². The molecule has 1 atom stereocenters. The monoisotopic (exact) mass is 148 g/mol. The Morgan fingerprint density at radius 3 is 3.09 bits per heavy atom. The first-order chi connectivity index (χ1) is 5.36. The Bertz CT molecular complexity index is 282. The second-order valence-corrected chi connectivity index (χ2v) is 2.45. The molecule has 0 aromatic carbocycles. The lowest BCUT2D eigenvalue weighted by Gasteiger charge is -2.20. The summed E-state index contributed by atoms with van der Waals surface area (Å²) < 4.78 is 5.10. The van der Waals surface area contributed by atoms with Crippen molar-refractivity contribution in [2.75, 3.05) is 0 Å². The number of hydrogen-bond acceptors (Lipinski definition) is 2. The van der Waals surface area contributed by atoms with Gasteiger partial charge in [0.05, 0.1) is 0 Å². The van der Waals surface area contributed by atoms with Gasteiger partial charge in [0.25, 0.3) is 5.95 Å². The molecule has 0 aromatic heterocycles. The molecule has 1 aliphatic heterocycles. The molecule has 1 heterocycles. The molecule has 11 heavy (non-hydrogen) atoms. The van der Waals surface area contributed by atoms with Crippen LogP contribution in [0.2, 0.25) is 0 Å². The summed E-state index contributed by atoms with van der Waals surface area (Å²) in [6.07, 6.45) is 11.0. The third kappa shape index (κ3) is 1.07. The summed E-state index contributed by atoms with van der Waals surface area (Å²) in [5, 5.41) is 8.98. The molecule has 2 nitrogen and oxygen atoms in total. The molecule has 0 bridgehead atoms. The summed E-state index contributed by atoms with van der Waals surface area (Å²) in [4.78, 5) is 0. The van der Waals surface area contributed by atoms with E-state index in [4.69, 9.17) is 9.84 Å². The first kappa shape index (κ1) is 6.28. The number of ether oxygens (including phenoxy) is 1. The summed E-state index contributed by atoms with van der Waals surface area (Å²) in [7, 11) is 0. The molecule has 0 fully saturated rings. The number of hydrogen-bond donors (Lipinski definition) is 1. The third-order valence-corrected chi connectivity index (χ3v) is 1.68. The van der Waals surface area contributed by atoms with Gasteiger partial charge >= 0.3 is 0 Å². The van der Waals surface area contributed by atoms with E-state index in [1.54, 1.807) is 6.08 Å². The molecule has 0 aromatic rings. The largest absolute Gasteiger partial charge is 0.481 e. The van der Waals surface area contributed by atoms with Crippen LogP contribution in [-0.2, 0) is 4.74 Å². The van der Waals surface area contributed by atoms with Gasteiger partial charge in [-0.05, 0) is 17.7 Å². The molecule has 0 amide bonds. The summed E-state index contributed by atoms with van der Waals surface area (Å²) in [5.41, 5.74) is 1.07. The molecule has 2 aliphatic rings. The fourth-order valence-electron chi connectivity index (χ4n) is 1.13. The van der Waals surface area contributed by atoms with Crippen molar-refractivity contribution in [3.8, 4) is 0 Å². The molecule has 2 heteroatoms. The quantitative estimate of drug-likeness (QED) is 0.568. The van der Waals surface area contributed by atoms with E-state index in [0.29, 0.717) is 0 Å². The lowest BCUT2D eigenvalue weighted by molar-refractivity contribution is 0.0713. The second-order valence-electron chi connectivity index (χ2n) is 2.45. The van der Waals surface area contributed by atoms with Gasteiger partial charge < -0.3 is 9.84 Å². The predicted octanol–water partition coefficient (Wildman–Crippen LogP) is 1.84. The highest BCUT2D eigenvalue weighted by molar-refractivity contribution is 5.39. The van der Waals surface area contributed by atoms with Gasteiger partial charge in [0, 0.05) is 6.08 Å². The van der Waals surface area contributed by atoms with Crippen LogP contribution in [0.1, 0.15) is 0 Å². The predicted molar refractivity (Wildman–Crippen MR) is 41.9 cm³/mol. The normalized spacial score (nSPS) is 26.7. The number of fused-ring (bicyclic) bond motifs is 1. The highest BCUT2D eigenvalue weighted by Crippen LogP contribution is 2.21. The van der Waals surface area contributed by atoms with Gasteiger partial charge in [-0.15, -0.1) is 0 Å². The van der Waals surface area contributed by atoms with Crippen molar-refractivity contribution >= 4 is 0 Å². The van der Waals surface area contributed by atoms with Gasteiger partial charge in [-0.25, -0.2) is 0 Å². The third-order valence-electron chi connectivity index (χ3n) is 1.68. The number of rotatable bonds is 0. The van der Waals surface area contributed by atoms with Crippen LogP contribution in [0.25, 0.3) is 0 Å². The maximum absolute atomic E-state index is 8.98. The molecule has 56 valence electrons. The van der Waals surface area contributed by atoms with Crippen molar-refractivity contribution < 1.29 is 9.84 Å². The van der Waals surface area contributed by atoms with Gasteiger partial charge in [-0.3, -0.25) is 0 Å². The van der Waals surface area contributed by atoms with Crippen LogP contribution in [0, 0.1) is 0 Å². The maximum Gasteiger partial charge on any atom is 0.277 e. The smallest absolute Gasteiger partial charge is 0.277 e. The minimum absolute atomic E-state index is 0.0151. The molecule has 1 N–H and O–H groups in total. The van der Waals surface area contributed by atoms with Crippen LogP contribution in [0.3, 0.4) is 0 Å². The summed E-state index contributed by atoms with van der Waals surface area (Å²) in [5.74, 6) is -0.0151. The first-order valence-corrected chi connectivity index (χ1v) is 3.48. The zero-order valence-electron chi connectivity index (χ0n) is 5.90. The Hall–Kier alpha value is -1.44. The van der Waals surface area contributed by atoms with Crippen molar-refractivity contribution in [3.05, 3.63) is 48.0 Å². The van der Waals surface area contributed by atoms with E-state index in [9.17, 15) is 0 Å². The molecule has 1 unspecified atom stereocenters. The Balaban J connectivity index is 2.33. The average molecular weight is 148 g/mol. The number of aliphatic hydroxyl groups is 1. The highest BCUT2D eigenvalue weighted by Gasteiger charge is 2.16. The van der Waals surface area contributed by atoms with Crippen LogP contribution in [-0.4, -0.2) is 11.2 Å². The number of aliphatic hydroxyl groups excluding tert-OH is 1. The van der Waals surface area contributed by atoms with E-state index in [-0.39, 0.29) is 12.0 Å². The fourth-order valence-corrected chi connectivity index (χ4v) is 1.13. The standard InChI is InChI=1S/C9H8O2/c10-9-6-5-7-3-1-2-4-8(7)11-9/h1-6,8,10H. The van der Waals surface area contributed by atoms with E-state index in [1.807, 2.05) is 30.4 Å². The van der Waals surface area contributed by atoms with Crippen LogP contribution in [0.4, 0.5) is 0 Å². The van der Waals surface area contributed by atoms with E-state index >= 15 is 0 Å². The van der Waals surface area contributed by atoms with Crippen LogP contribution < -0.4 is 0 Å². The zero-order chi connectivity index (χ0) is 7.68. The molecular formula is C9H8O2. The van der Waals surface area contributed by atoms with Crippen molar-refractivity contribution in [2.24, 2.45) is 0 Å².